The Kier molecular flexibility index (Phi) is 3.46. The smallest absolute Gasteiger partial charge is 0.399 e. The minimum absolute atomic E-state index is 0.0844. The predicted octanol–water partition coefficient (Wildman–Crippen LogP) is 3.71. The Hall–Kier alpha value is -2.10. The van der Waals surface area contributed by atoms with Gasteiger partial charge in [0.15, 0.2) is 6.29 Å². The molecule has 2 rings (SSSR count). The molecule has 0 spiro atoms. The Labute approximate surface area is 106 Å². The van der Waals surface area contributed by atoms with Gasteiger partial charge in [-0.2, -0.15) is 4.98 Å². The number of ether oxygens (including phenoxy) is 1. The van der Waals surface area contributed by atoms with Crippen molar-refractivity contribution >= 4 is 6.29 Å². The van der Waals surface area contributed by atoms with Crippen molar-refractivity contribution in [3.63, 3.8) is 0 Å². The van der Waals surface area contributed by atoms with E-state index in [4.69, 9.17) is 9.15 Å². The van der Waals surface area contributed by atoms with E-state index in [1.807, 2.05) is 19.1 Å². The molecule has 0 N–H and O–H groups in total. The molecule has 4 heteroatoms. The van der Waals surface area contributed by atoms with Crippen LogP contribution in [-0.2, 0) is 0 Å². The first-order chi connectivity index (χ1) is 8.60. The molecule has 0 fully saturated rings. The van der Waals surface area contributed by atoms with Gasteiger partial charge >= 0.3 is 6.08 Å². The fraction of sp³-hybridized carbons (Fsp3) is 0.286. The molecule has 0 bridgehead atoms. The maximum atomic E-state index is 10.5. The van der Waals surface area contributed by atoms with E-state index >= 15 is 0 Å². The van der Waals surface area contributed by atoms with Gasteiger partial charge in [0.05, 0.1) is 0 Å². The maximum Gasteiger partial charge on any atom is 0.399 e. The molecule has 0 radical (unpaired) electrons. The van der Waals surface area contributed by atoms with Crippen molar-refractivity contribution in [3.8, 4) is 11.8 Å². The van der Waals surface area contributed by atoms with Gasteiger partial charge in [-0.3, -0.25) is 4.79 Å². The van der Waals surface area contributed by atoms with Crippen LogP contribution >= 0.6 is 0 Å². The summed E-state index contributed by atoms with van der Waals surface area (Å²) in [5, 5.41) is 0. The largest absolute Gasteiger partial charge is 0.416 e. The van der Waals surface area contributed by atoms with Crippen LogP contribution < -0.4 is 4.74 Å². The number of hydrogen-bond donors (Lipinski definition) is 0. The number of benzene rings is 1. The first kappa shape index (κ1) is 12.4. The lowest BCUT2D eigenvalue weighted by atomic mass is 10.0. The summed E-state index contributed by atoms with van der Waals surface area (Å²) in [5.74, 6) is 1.11. The molecule has 2 aromatic rings. The second kappa shape index (κ2) is 5.04. The summed E-state index contributed by atoms with van der Waals surface area (Å²) in [6.07, 6.45) is 1.97. The summed E-state index contributed by atoms with van der Waals surface area (Å²) in [5.41, 5.74) is 2.39. The number of hydrogen-bond acceptors (Lipinski definition) is 4. The molecular formula is C14H15NO3. The lowest BCUT2D eigenvalue weighted by Crippen LogP contribution is -1.92. The maximum absolute atomic E-state index is 10.5. The Morgan fingerprint density at radius 3 is 2.78 bits per heavy atom. The van der Waals surface area contributed by atoms with Gasteiger partial charge in [0.1, 0.15) is 17.7 Å². The predicted molar refractivity (Wildman–Crippen MR) is 67.2 cm³/mol. The van der Waals surface area contributed by atoms with E-state index in [2.05, 4.69) is 24.9 Å². The highest BCUT2D eigenvalue weighted by Crippen LogP contribution is 2.28. The molecule has 0 aliphatic heterocycles. The van der Waals surface area contributed by atoms with E-state index in [9.17, 15) is 4.79 Å². The molecule has 0 atom stereocenters. The fourth-order valence-electron chi connectivity index (χ4n) is 1.55. The molecule has 18 heavy (non-hydrogen) atoms. The Bertz CT molecular complexity index is 558. The first-order valence-corrected chi connectivity index (χ1v) is 5.79. The standard InChI is InChI=1S/C14H15NO3/c1-9(2)11-5-4-10(3)13(6-11)18-14-15-12(7-16)8-17-14/h4-9H,1-3H3. The number of aromatic nitrogens is 1. The van der Waals surface area contributed by atoms with Crippen molar-refractivity contribution in [3.05, 3.63) is 41.3 Å². The van der Waals surface area contributed by atoms with E-state index in [0.29, 0.717) is 18.0 Å². The summed E-state index contributed by atoms with van der Waals surface area (Å²) in [6.45, 7) is 6.18. The highest BCUT2D eigenvalue weighted by Gasteiger charge is 2.09. The summed E-state index contributed by atoms with van der Waals surface area (Å²) >= 11 is 0. The monoisotopic (exact) mass is 245 g/mol. The van der Waals surface area contributed by atoms with Crippen molar-refractivity contribution in [1.29, 1.82) is 0 Å². The number of oxazole rings is 1. The number of rotatable bonds is 4. The number of nitrogens with zero attached hydrogens (tertiary/aromatic N) is 1. The minimum Gasteiger partial charge on any atom is -0.416 e. The Morgan fingerprint density at radius 1 is 1.39 bits per heavy atom. The zero-order chi connectivity index (χ0) is 13.1. The third kappa shape index (κ3) is 2.59. The molecule has 4 nitrogen and oxygen atoms in total. The third-order valence-corrected chi connectivity index (χ3v) is 2.70. The minimum atomic E-state index is 0.0844. The molecule has 0 saturated carbocycles. The van der Waals surface area contributed by atoms with E-state index in [-0.39, 0.29) is 11.8 Å². The molecule has 1 heterocycles. The van der Waals surface area contributed by atoms with Gasteiger partial charge in [-0.15, -0.1) is 0 Å². The number of aldehydes is 1. The summed E-state index contributed by atoms with van der Waals surface area (Å²) < 4.78 is 10.6. The van der Waals surface area contributed by atoms with Gasteiger partial charge in [0.25, 0.3) is 0 Å². The van der Waals surface area contributed by atoms with Crippen LogP contribution in [0, 0.1) is 6.92 Å². The molecule has 0 aliphatic carbocycles. The number of aryl methyl sites for hydroxylation is 1. The van der Waals surface area contributed by atoms with Crippen LogP contribution in [0.5, 0.6) is 11.8 Å². The highest BCUT2D eigenvalue weighted by molar-refractivity contribution is 5.70. The average Bonchev–Trinajstić information content (AvgIpc) is 2.79. The van der Waals surface area contributed by atoms with Crippen LogP contribution in [0.2, 0.25) is 0 Å². The van der Waals surface area contributed by atoms with E-state index in [1.165, 1.54) is 11.8 Å². The summed E-state index contributed by atoms with van der Waals surface area (Å²) in [7, 11) is 0. The molecular weight excluding hydrogens is 230 g/mol. The zero-order valence-electron chi connectivity index (χ0n) is 10.6. The van der Waals surface area contributed by atoms with Crippen molar-refractivity contribution < 1.29 is 13.9 Å². The van der Waals surface area contributed by atoms with E-state index in [0.717, 1.165) is 5.56 Å². The van der Waals surface area contributed by atoms with Crippen molar-refractivity contribution in [2.75, 3.05) is 0 Å². The van der Waals surface area contributed by atoms with Crippen molar-refractivity contribution in [2.45, 2.75) is 26.7 Å². The first-order valence-electron chi connectivity index (χ1n) is 5.79. The van der Waals surface area contributed by atoms with Crippen LogP contribution in [0.1, 0.15) is 41.4 Å². The van der Waals surface area contributed by atoms with E-state index < -0.39 is 0 Å². The molecule has 0 aliphatic rings. The van der Waals surface area contributed by atoms with Crippen LogP contribution in [0.25, 0.3) is 0 Å². The quantitative estimate of drug-likeness (QED) is 0.770. The van der Waals surface area contributed by atoms with Gasteiger partial charge in [-0.25, -0.2) is 0 Å². The molecule has 0 amide bonds. The number of carbonyl (C=O) groups is 1. The molecule has 0 saturated heterocycles. The second-order valence-corrected chi connectivity index (χ2v) is 4.44. The highest BCUT2D eigenvalue weighted by atomic mass is 16.6. The molecule has 1 aromatic heterocycles. The van der Waals surface area contributed by atoms with Gasteiger partial charge in [0, 0.05) is 0 Å². The van der Waals surface area contributed by atoms with Crippen molar-refractivity contribution in [1.82, 2.24) is 4.98 Å². The zero-order valence-corrected chi connectivity index (χ0v) is 10.6. The van der Waals surface area contributed by atoms with Crippen LogP contribution in [0.4, 0.5) is 0 Å². The molecule has 0 unspecified atom stereocenters. The van der Waals surface area contributed by atoms with Crippen LogP contribution in [0.15, 0.2) is 28.9 Å². The lowest BCUT2D eigenvalue weighted by Gasteiger charge is -2.10. The Balaban J connectivity index is 2.27. The summed E-state index contributed by atoms with van der Waals surface area (Å²) in [4.78, 5) is 14.4. The molecule has 94 valence electrons. The normalized spacial score (nSPS) is 10.7. The SMILES string of the molecule is Cc1ccc(C(C)C)cc1Oc1nc(C=O)co1. The van der Waals surface area contributed by atoms with Gasteiger partial charge < -0.3 is 9.15 Å². The van der Waals surface area contributed by atoms with Crippen LogP contribution in [-0.4, -0.2) is 11.3 Å². The second-order valence-electron chi connectivity index (χ2n) is 4.44. The topological polar surface area (TPSA) is 52.3 Å². The average molecular weight is 245 g/mol. The Morgan fingerprint density at radius 2 is 2.17 bits per heavy atom. The third-order valence-electron chi connectivity index (χ3n) is 2.70. The van der Waals surface area contributed by atoms with Crippen molar-refractivity contribution in [2.24, 2.45) is 0 Å². The van der Waals surface area contributed by atoms with Crippen LogP contribution in [0.3, 0.4) is 0 Å². The van der Waals surface area contributed by atoms with Gasteiger partial charge in [-0.05, 0) is 30.0 Å². The van der Waals surface area contributed by atoms with E-state index in [1.54, 1.807) is 0 Å². The molecule has 1 aromatic carbocycles. The van der Waals surface area contributed by atoms with Gasteiger partial charge in [-0.1, -0.05) is 26.0 Å². The fourth-order valence-corrected chi connectivity index (χ4v) is 1.55. The number of carbonyl (C=O) groups excluding carboxylic acids is 1. The lowest BCUT2D eigenvalue weighted by molar-refractivity contribution is 0.111. The van der Waals surface area contributed by atoms with Gasteiger partial charge in [0.2, 0.25) is 0 Å². The summed E-state index contributed by atoms with van der Waals surface area (Å²) in [6, 6.07) is 6.03.